The minimum absolute atomic E-state index is 0.115. The third kappa shape index (κ3) is 2.74. The van der Waals surface area contributed by atoms with Crippen molar-refractivity contribution < 1.29 is 10.0 Å². The van der Waals surface area contributed by atoms with Crippen LogP contribution in [0.25, 0.3) is 0 Å². The van der Waals surface area contributed by atoms with Crippen LogP contribution in [0.1, 0.15) is 15.9 Å². The minimum atomic E-state index is -0.286. The number of nitrogens with two attached hydrogens (primary N) is 1. The molecule has 2 aromatic rings. The Morgan fingerprint density at radius 2 is 2.15 bits per heavy atom. The summed E-state index contributed by atoms with van der Waals surface area (Å²) >= 11 is 2.08. The molecular weight excluding hydrogens is 373 g/mol. The second-order valence-electron chi connectivity index (χ2n) is 3.95. The quantitative estimate of drug-likeness (QED) is 0.244. The Morgan fingerprint density at radius 3 is 2.80 bits per heavy atom. The lowest BCUT2D eigenvalue weighted by Gasteiger charge is -2.09. The first-order valence-electron chi connectivity index (χ1n) is 5.60. The highest BCUT2D eigenvalue weighted by atomic mass is 127. The number of hydrogen-bond donors (Lipinski definition) is 3. The Kier molecular flexibility index (Phi) is 4.23. The SMILES string of the molecule is Cn1ncc(C(N)=NO)c1NC(=O)c1ccccc1I. The number of halogens is 1. The number of carbonyl (C=O) groups excluding carboxylic acids is 1. The van der Waals surface area contributed by atoms with E-state index in [2.05, 4.69) is 38.2 Å². The highest BCUT2D eigenvalue weighted by Crippen LogP contribution is 2.17. The van der Waals surface area contributed by atoms with Gasteiger partial charge in [-0.25, -0.2) is 0 Å². The van der Waals surface area contributed by atoms with Crippen LogP contribution in [0, 0.1) is 3.57 Å². The van der Waals surface area contributed by atoms with E-state index in [0.29, 0.717) is 16.9 Å². The Bertz CT molecular complexity index is 680. The molecule has 0 radical (unpaired) electrons. The maximum atomic E-state index is 12.2. The van der Waals surface area contributed by atoms with Crippen molar-refractivity contribution in [3.8, 4) is 0 Å². The summed E-state index contributed by atoms with van der Waals surface area (Å²) in [6, 6.07) is 7.19. The number of oxime groups is 1. The number of benzene rings is 1. The van der Waals surface area contributed by atoms with E-state index in [0.717, 1.165) is 3.57 Å². The van der Waals surface area contributed by atoms with Crippen LogP contribution in [0.3, 0.4) is 0 Å². The number of aromatic nitrogens is 2. The topological polar surface area (TPSA) is 106 Å². The lowest BCUT2D eigenvalue weighted by molar-refractivity contribution is 0.102. The molecule has 0 bridgehead atoms. The van der Waals surface area contributed by atoms with Crippen molar-refractivity contribution in [2.45, 2.75) is 0 Å². The fourth-order valence-electron chi connectivity index (χ4n) is 1.65. The van der Waals surface area contributed by atoms with Crippen LogP contribution >= 0.6 is 22.6 Å². The molecule has 4 N–H and O–H groups in total. The molecule has 1 amide bonds. The largest absolute Gasteiger partial charge is 0.409 e. The lowest BCUT2D eigenvalue weighted by atomic mass is 10.2. The molecule has 1 aromatic carbocycles. The molecule has 104 valence electrons. The number of hydrogen-bond acceptors (Lipinski definition) is 4. The zero-order chi connectivity index (χ0) is 14.7. The van der Waals surface area contributed by atoms with Crippen LogP contribution in [0.5, 0.6) is 0 Å². The van der Waals surface area contributed by atoms with Gasteiger partial charge in [0.2, 0.25) is 0 Å². The van der Waals surface area contributed by atoms with Crippen LogP contribution in [0.15, 0.2) is 35.6 Å². The van der Waals surface area contributed by atoms with E-state index >= 15 is 0 Å². The minimum Gasteiger partial charge on any atom is -0.409 e. The monoisotopic (exact) mass is 385 g/mol. The predicted octanol–water partition coefficient (Wildman–Crippen LogP) is 1.37. The molecule has 0 aliphatic carbocycles. The summed E-state index contributed by atoms with van der Waals surface area (Å²) in [6.45, 7) is 0. The summed E-state index contributed by atoms with van der Waals surface area (Å²) in [6.07, 6.45) is 1.42. The Hall–Kier alpha value is -2.10. The molecule has 0 atom stereocenters. The molecule has 1 aromatic heterocycles. The first kappa shape index (κ1) is 14.3. The van der Waals surface area contributed by atoms with Gasteiger partial charge in [-0.2, -0.15) is 5.10 Å². The van der Waals surface area contributed by atoms with Gasteiger partial charge in [-0.15, -0.1) is 0 Å². The normalized spacial score (nSPS) is 11.4. The van der Waals surface area contributed by atoms with E-state index < -0.39 is 0 Å². The second kappa shape index (κ2) is 5.90. The summed E-state index contributed by atoms with van der Waals surface area (Å²) in [5.74, 6) is -0.0355. The smallest absolute Gasteiger partial charge is 0.257 e. The van der Waals surface area contributed by atoms with E-state index in [1.165, 1.54) is 10.9 Å². The van der Waals surface area contributed by atoms with Gasteiger partial charge >= 0.3 is 0 Å². The number of carbonyl (C=O) groups is 1. The van der Waals surface area contributed by atoms with Crippen molar-refractivity contribution in [1.29, 1.82) is 0 Å². The summed E-state index contributed by atoms with van der Waals surface area (Å²) in [5.41, 5.74) is 6.44. The van der Waals surface area contributed by atoms with Crippen LogP contribution in [-0.4, -0.2) is 26.7 Å². The number of amidine groups is 1. The Balaban J connectivity index is 2.34. The summed E-state index contributed by atoms with van der Waals surface area (Å²) < 4.78 is 2.27. The molecular formula is C12H12IN5O2. The molecule has 1 heterocycles. The van der Waals surface area contributed by atoms with Gasteiger partial charge < -0.3 is 16.3 Å². The average Bonchev–Trinajstić information content (AvgIpc) is 2.80. The lowest BCUT2D eigenvalue weighted by Crippen LogP contribution is -2.20. The molecule has 0 spiro atoms. The molecule has 0 aliphatic heterocycles. The Labute approximate surface area is 128 Å². The summed E-state index contributed by atoms with van der Waals surface area (Å²) in [4.78, 5) is 12.2. The molecule has 8 heteroatoms. The average molecular weight is 385 g/mol. The van der Waals surface area contributed by atoms with Crippen LogP contribution < -0.4 is 11.1 Å². The third-order valence-corrected chi connectivity index (χ3v) is 3.61. The van der Waals surface area contributed by atoms with Crippen molar-refractivity contribution in [3.05, 3.63) is 45.2 Å². The van der Waals surface area contributed by atoms with E-state index in [4.69, 9.17) is 10.9 Å². The molecule has 0 saturated carbocycles. The molecule has 7 nitrogen and oxygen atoms in total. The van der Waals surface area contributed by atoms with Gasteiger partial charge in [0.25, 0.3) is 5.91 Å². The fraction of sp³-hybridized carbons (Fsp3) is 0.0833. The van der Waals surface area contributed by atoms with Gasteiger partial charge in [0, 0.05) is 10.6 Å². The molecule has 2 rings (SSSR count). The molecule has 0 fully saturated rings. The highest BCUT2D eigenvalue weighted by molar-refractivity contribution is 14.1. The second-order valence-corrected chi connectivity index (χ2v) is 5.11. The maximum absolute atomic E-state index is 12.2. The number of rotatable bonds is 3. The first-order chi connectivity index (χ1) is 9.54. The highest BCUT2D eigenvalue weighted by Gasteiger charge is 2.17. The van der Waals surface area contributed by atoms with Crippen LogP contribution in [-0.2, 0) is 7.05 Å². The van der Waals surface area contributed by atoms with Crippen molar-refractivity contribution in [2.75, 3.05) is 5.32 Å². The molecule has 0 unspecified atom stereocenters. The van der Waals surface area contributed by atoms with E-state index in [-0.39, 0.29) is 11.7 Å². The van der Waals surface area contributed by atoms with Gasteiger partial charge in [0.15, 0.2) is 5.84 Å². The van der Waals surface area contributed by atoms with Crippen LogP contribution in [0.2, 0.25) is 0 Å². The predicted molar refractivity (Wildman–Crippen MR) is 82.8 cm³/mol. The number of nitrogens with one attached hydrogen (secondary N) is 1. The first-order valence-corrected chi connectivity index (χ1v) is 6.68. The molecule has 0 saturated heterocycles. The van der Waals surface area contributed by atoms with Crippen molar-refractivity contribution >= 4 is 40.2 Å². The van der Waals surface area contributed by atoms with Crippen LogP contribution in [0.4, 0.5) is 5.82 Å². The van der Waals surface area contributed by atoms with E-state index in [1.54, 1.807) is 19.2 Å². The molecule has 0 aliphatic rings. The maximum Gasteiger partial charge on any atom is 0.257 e. The number of amides is 1. The standard InChI is InChI=1S/C12H12IN5O2/c1-18-11(8(6-15-18)10(14)17-20)16-12(19)7-4-2-3-5-9(7)13/h2-6,20H,1H3,(H2,14,17)(H,16,19). The number of aryl methyl sites for hydroxylation is 1. The van der Waals surface area contributed by atoms with Gasteiger partial charge in [0.05, 0.1) is 17.3 Å². The van der Waals surface area contributed by atoms with Crippen molar-refractivity contribution in [3.63, 3.8) is 0 Å². The Morgan fingerprint density at radius 1 is 1.45 bits per heavy atom. The fourth-order valence-corrected chi connectivity index (χ4v) is 2.28. The molecule has 20 heavy (non-hydrogen) atoms. The summed E-state index contributed by atoms with van der Waals surface area (Å²) in [5, 5.41) is 18.3. The van der Waals surface area contributed by atoms with Crippen molar-refractivity contribution in [1.82, 2.24) is 9.78 Å². The zero-order valence-corrected chi connectivity index (χ0v) is 12.7. The zero-order valence-electron chi connectivity index (χ0n) is 10.5. The van der Waals surface area contributed by atoms with Gasteiger partial charge in [-0.05, 0) is 34.7 Å². The summed E-state index contributed by atoms with van der Waals surface area (Å²) in [7, 11) is 1.65. The van der Waals surface area contributed by atoms with Gasteiger partial charge in [-0.1, -0.05) is 17.3 Å². The van der Waals surface area contributed by atoms with Gasteiger partial charge in [0.1, 0.15) is 5.82 Å². The van der Waals surface area contributed by atoms with Crippen molar-refractivity contribution in [2.24, 2.45) is 17.9 Å². The third-order valence-electron chi connectivity index (χ3n) is 2.67. The number of nitrogens with zero attached hydrogens (tertiary/aromatic N) is 3. The van der Waals surface area contributed by atoms with E-state index in [1.807, 2.05) is 12.1 Å². The van der Waals surface area contributed by atoms with Gasteiger partial charge in [-0.3, -0.25) is 9.48 Å². The van der Waals surface area contributed by atoms with E-state index in [9.17, 15) is 4.79 Å². The number of anilines is 1.